The summed E-state index contributed by atoms with van der Waals surface area (Å²) in [7, 11) is 0. The van der Waals surface area contributed by atoms with Gasteiger partial charge in [-0.1, -0.05) is 30.3 Å². The maximum absolute atomic E-state index is 12.5. The minimum atomic E-state index is -1.08. The summed E-state index contributed by atoms with van der Waals surface area (Å²) >= 11 is 0. The number of nitrogens with one attached hydrogen (secondary N) is 1. The number of carbonyl (C=O) groups is 4. The minimum absolute atomic E-state index is 0.0670. The van der Waals surface area contributed by atoms with Crippen LogP contribution in [0.5, 0.6) is 5.75 Å². The number of carbonyl (C=O) groups excluding carboxylic acids is 3. The van der Waals surface area contributed by atoms with Crippen LogP contribution in [-0.4, -0.2) is 40.3 Å². The molecule has 32 heavy (non-hydrogen) atoms. The molecule has 1 aliphatic rings. The van der Waals surface area contributed by atoms with E-state index in [9.17, 15) is 19.2 Å². The molecule has 8 heteroatoms. The number of amides is 3. The van der Waals surface area contributed by atoms with E-state index in [1.54, 1.807) is 54.6 Å². The highest BCUT2D eigenvalue weighted by atomic mass is 16.5. The van der Waals surface area contributed by atoms with Gasteiger partial charge in [-0.25, -0.2) is 4.79 Å². The van der Waals surface area contributed by atoms with E-state index in [1.807, 2.05) is 0 Å². The zero-order chi connectivity index (χ0) is 22.7. The average Bonchev–Trinajstić information content (AvgIpc) is 3.04. The van der Waals surface area contributed by atoms with Crippen LogP contribution < -0.4 is 10.1 Å². The smallest absolute Gasteiger partial charge is 0.335 e. The standard InChI is InChI=1S/C24H18N2O6/c27-21(25-17-5-3-4-16(12-17)24(30)31)14-32-18-10-8-15(9-11-18)13-26-22(28)19-6-1-2-7-20(19)23(26)29/h1-12H,13-14H2,(H,25,27)(H,30,31). The Bertz CT molecular complexity index is 1180. The molecular weight excluding hydrogens is 412 g/mol. The molecule has 0 aliphatic carbocycles. The number of imide groups is 1. The highest BCUT2D eigenvalue weighted by Crippen LogP contribution is 2.24. The molecule has 0 saturated carbocycles. The van der Waals surface area contributed by atoms with Gasteiger partial charge in [0.2, 0.25) is 0 Å². The molecule has 0 aromatic heterocycles. The maximum atomic E-state index is 12.5. The Hall–Kier alpha value is -4.46. The van der Waals surface area contributed by atoms with Crippen LogP contribution >= 0.6 is 0 Å². The Morgan fingerprint density at radius 3 is 2.16 bits per heavy atom. The largest absolute Gasteiger partial charge is 0.484 e. The Balaban J connectivity index is 1.32. The lowest BCUT2D eigenvalue weighted by Crippen LogP contribution is -2.29. The molecule has 3 aromatic rings. The van der Waals surface area contributed by atoms with Crippen LogP contribution in [0.2, 0.25) is 0 Å². The SMILES string of the molecule is O=C(COc1ccc(CN2C(=O)c3ccccc3C2=O)cc1)Nc1cccc(C(=O)O)c1. The van der Waals surface area contributed by atoms with Crippen molar-refractivity contribution in [3.8, 4) is 5.75 Å². The van der Waals surface area contributed by atoms with Crippen molar-refractivity contribution >= 4 is 29.4 Å². The van der Waals surface area contributed by atoms with Gasteiger partial charge >= 0.3 is 5.97 Å². The van der Waals surface area contributed by atoms with E-state index in [1.165, 1.54) is 23.1 Å². The lowest BCUT2D eigenvalue weighted by atomic mass is 10.1. The molecule has 8 nitrogen and oxygen atoms in total. The number of carboxylic acid groups (broad SMARTS) is 1. The predicted molar refractivity (Wildman–Crippen MR) is 115 cm³/mol. The summed E-state index contributed by atoms with van der Waals surface area (Å²) in [5.41, 5.74) is 1.96. The van der Waals surface area contributed by atoms with Gasteiger partial charge in [0.25, 0.3) is 17.7 Å². The van der Waals surface area contributed by atoms with Crippen molar-refractivity contribution in [3.05, 3.63) is 95.1 Å². The molecule has 1 heterocycles. The normalized spacial score (nSPS) is 12.4. The topological polar surface area (TPSA) is 113 Å². The summed E-state index contributed by atoms with van der Waals surface area (Å²) in [5, 5.41) is 11.6. The van der Waals surface area contributed by atoms with Gasteiger partial charge in [0.1, 0.15) is 5.75 Å². The zero-order valence-electron chi connectivity index (χ0n) is 16.8. The first kappa shape index (κ1) is 20.8. The van der Waals surface area contributed by atoms with Gasteiger partial charge in [-0.05, 0) is 48.0 Å². The van der Waals surface area contributed by atoms with E-state index < -0.39 is 11.9 Å². The number of anilines is 1. The Morgan fingerprint density at radius 2 is 1.53 bits per heavy atom. The molecule has 0 fully saturated rings. The molecule has 0 saturated heterocycles. The van der Waals surface area contributed by atoms with Crippen molar-refractivity contribution in [3.63, 3.8) is 0 Å². The highest BCUT2D eigenvalue weighted by Gasteiger charge is 2.34. The number of benzene rings is 3. The van der Waals surface area contributed by atoms with Crippen LogP contribution in [0.4, 0.5) is 5.69 Å². The van der Waals surface area contributed by atoms with E-state index in [4.69, 9.17) is 9.84 Å². The van der Waals surface area contributed by atoms with E-state index in [0.717, 1.165) is 5.56 Å². The minimum Gasteiger partial charge on any atom is -0.484 e. The molecule has 2 N–H and O–H groups in total. The first-order valence-electron chi connectivity index (χ1n) is 9.72. The van der Waals surface area contributed by atoms with Crippen LogP contribution in [0.25, 0.3) is 0 Å². The fourth-order valence-corrected chi connectivity index (χ4v) is 3.33. The summed E-state index contributed by atoms with van der Waals surface area (Å²) in [6.45, 7) is -0.137. The van der Waals surface area contributed by atoms with Gasteiger partial charge in [-0.2, -0.15) is 0 Å². The number of rotatable bonds is 7. The lowest BCUT2D eigenvalue weighted by Gasteiger charge is -2.14. The highest BCUT2D eigenvalue weighted by molar-refractivity contribution is 6.21. The molecule has 0 atom stereocenters. The molecule has 3 amide bonds. The third-order valence-corrected chi connectivity index (χ3v) is 4.91. The Morgan fingerprint density at radius 1 is 0.875 bits per heavy atom. The van der Waals surface area contributed by atoms with E-state index in [2.05, 4.69) is 5.32 Å². The quantitative estimate of drug-likeness (QED) is 0.557. The molecule has 4 rings (SSSR count). The van der Waals surface area contributed by atoms with Crippen molar-refractivity contribution in [2.45, 2.75) is 6.54 Å². The Kier molecular flexibility index (Phi) is 5.67. The molecule has 0 unspecified atom stereocenters. The van der Waals surface area contributed by atoms with Crippen molar-refractivity contribution in [1.29, 1.82) is 0 Å². The second-order valence-corrected chi connectivity index (χ2v) is 7.11. The monoisotopic (exact) mass is 430 g/mol. The van der Waals surface area contributed by atoms with Crippen molar-refractivity contribution in [2.75, 3.05) is 11.9 Å². The summed E-state index contributed by atoms with van der Waals surface area (Å²) in [6, 6.07) is 19.3. The van der Waals surface area contributed by atoms with E-state index >= 15 is 0 Å². The number of ether oxygens (including phenoxy) is 1. The second-order valence-electron chi connectivity index (χ2n) is 7.11. The van der Waals surface area contributed by atoms with Crippen molar-refractivity contribution in [2.24, 2.45) is 0 Å². The predicted octanol–water partition coefficient (Wildman–Crippen LogP) is 3.20. The van der Waals surface area contributed by atoms with Gasteiger partial charge < -0.3 is 15.2 Å². The summed E-state index contributed by atoms with van der Waals surface area (Å²) in [6.07, 6.45) is 0. The fraction of sp³-hybridized carbons (Fsp3) is 0.0833. The number of hydrogen-bond donors (Lipinski definition) is 2. The summed E-state index contributed by atoms with van der Waals surface area (Å²) in [5.74, 6) is -1.74. The van der Waals surface area contributed by atoms with Crippen LogP contribution in [0.3, 0.4) is 0 Å². The lowest BCUT2D eigenvalue weighted by molar-refractivity contribution is -0.118. The van der Waals surface area contributed by atoms with Gasteiger partial charge in [0.15, 0.2) is 6.61 Å². The van der Waals surface area contributed by atoms with Gasteiger partial charge in [-0.15, -0.1) is 0 Å². The van der Waals surface area contributed by atoms with Gasteiger partial charge in [0, 0.05) is 5.69 Å². The molecule has 3 aromatic carbocycles. The summed E-state index contributed by atoms with van der Waals surface area (Å²) < 4.78 is 5.46. The molecule has 0 radical (unpaired) electrons. The molecular formula is C24H18N2O6. The van der Waals surface area contributed by atoms with Crippen molar-refractivity contribution in [1.82, 2.24) is 4.90 Å². The van der Waals surface area contributed by atoms with Crippen LogP contribution in [0.1, 0.15) is 36.6 Å². The van der Waals surface area contributed by atoms with Gasteiger partial charge in [0.05, 0.1) is 23.2 Å². The molecule has 160 valence electrons. The Labute approximate surface area is 183 Å². The summed E-state index contributed by atoms with van der Waals surface area (Å²) in [4.78, 5) is 49.2. The van der Waals surface area contributed by atoms with E-state index in [0.29, 0.717) is 22.6 Å². The average molecular weight is 430 g/mol. The number of fused-ring (bicyclic) bond motifs is 1. The maximum Gasteiger partial charge on any atom is 0.335 e. The van der Waals surface area contributed by atoms with Crippen LogP contribution in [0.15, 0.2) is 72.8 Å². The number of hydrogen-bond acceptors (Lipinski definition) is 5. The zero-order valence-corrected chi connectivity index (χ0v) is 16.8. The second kappa shape index (κ2) is 8.73. The third kappa shape index (κ3) is 4.34. The first-order valence-corrected chi connectivity index (χ1v) is 9.72. The van der Waals surface area contributed by atoms with Crippen molar-refractivity contribution < 1.29 is 29.0 Å². The van der Waals surface area contributed by atoms with Crippen LogP contribution in [0, 0.1) is 0 Å². The fourth-order valence-electron chi connectivity index (χ4n) is 3.33. The number of nitrogens with zero attached hydrogens (tertiary/aromatic N) is 1. The first-order chi connectivity index (χ1) is 15.4. The van der Waals surface area contributed by atoms with Crippen LogP contribution in [-0.2, 0) is 11.3 Å². The van der Waals surface area contributed by atoms with E-state index in [-0.39, 0.29) is 30.5 Å². The molecule has 0 bridgehead atoms. The van der Waals surface area contributed by atoms with Gasteiger partial charge in [-0.3, -0.25) is 19.3 Å². The number of carboxylic acids is 1. The number of aromatic carboxylic acids is 1. The third-order valence-electron chi connectivity index (χ3n) is 4.91. The molecule has 0 spiro atoms. The molecule has 1 aliphatic heterocycles.